The Balaban J connectivity index is 2.43. The predicted molar refractivity (Wildman–Crippen MR) is 77.8 cm³/mol. The van der Waals surface area contributed by atoms with Crippen LogP contribution in [0.15, 0.2) is 58.6 Å². The van der Waals surface area contributed by atoms with Crippen LogP contribution in [0.1, 0.15) is 12.5 Å². The normalized spacial score (nSPS) is 10.3. The van der Waals surface area contributed by atoms with Crippen molar-refractivity contribution in [2.24, 2.45) is 5.18 Å². The maximum atomic E-state index is 10.6. The minimum absolute atomic E-state index is 0.225. The molecule has 0 N–H and O–H groups in total. The fourth-order valence-corrected chi connectivity index (χ4v) is 2.65. The Morgan fingerprint density at radius 2 is 1.89 bits per heavy atom. The third kappa shape index (κ3) is 2.99. The number of rotatable bonds is 5. The van der Waals surface area contributed by atoms with Gasteiger partial charge in [-0.1, -0.05) is 48.5 Å². The van der Waals surface area contributed by atoms with Gasteiger partial charge in [0.05, 0.1) is 0 Å². The van der Waals surface area contributed by atoms with Crippen molar-refractivity contribution in [1.29, 1.82) is 0 Å². The topological polar surface area (TPSA) is 29.4 Å². The van der Waals surface area contributed by atoms with Crippen LogP contribution in [-0.2, 0) is 6.54 Å². The van der Waals surface area contributed by atoms with E-state index in [2.05, 4.69) is 42.4 Å². The van der Waals surface area contributed by atoms with Crippen LogP contribution in [0.2, 0.25) is 0 Å². The van der Waals surface area contributed by atoms with Gasteiger partial charge in [-0.2, -0.15) is 4.91 Å². The molecule has 0 atom stereocenters. The van der Waals surface area contributed by atoms with Crippen molar-refractivity contribution >= 4 is 11.8 Å². The van der Waals surface area contributed by atoms with Crippen molar-refractivity contribution in [3.8, 4) is 11.1 Å². The summed E-state index contributed by atoms with van der Waals surface area (Å²) >= 11 is 1.78. The third-order valence-corrected chi connectivity index (χ3v) is 3.58. The van der Waals surface area contributed by atoms with Crippen molar-refractivity contribution in [2.45, 2.75) is 18.4 Å². The second-order valence-corrected chi connectivity index (χ2v) is 5.24. The summed E-state index contributed by atoms with van der Waals surface area (Å²) in [6, 6.07) is 16.3. The molecule has 2 aromatic rings. The highest BCUT2D eigenvalue weighted by molar-refractivity contribution is 7.99. The van der Waals surface area contributed by atoms with E-state index in [1.165, 1.54) is 4.90 Å². The first-order chi connectivity index (χ1) is 8.85. The van der Waals surface area contributed by atoms with E-state index in [-0.39, 0.29) is 6.54 Å². The Morgan fingerprint density at radius 1 is 1.11 bits per heavy atom. The van der Waals surface area contributed by atoms with Gasteiger partial charge in [-0.25, -0.2) is 0 Å². The average Bonchev–Trinajstić information content (AvgIpc) is 2.41. The van der Waals surface area contributed by atoms with Crippen LogP contribution in [0.3, 0.4) is 0 Å². The van der Waals surface area contributed by atoms with E-state index >= 15 is 0 Å². The molecule has 0 saturated carbocycles. The Bertz CT molecular complexity index is 525. The summed E-state index contributed by atoms with van der Waals surface area (Å²) < 4.78 is 0. The Morgan fingerprint density at radius 3 is 2.56 bits per heavy atom. The summed E-state index contributed by atoms with van der Waals surface area (Å²) in [5, 5.41) is 3.03. The lowest BCUT2D eigenvalue weighted by molar-refractivity contribution is 1.05. The summed E-state index contributed by atoms with van der Waals surface area (Å²) in [6.45, 7) is 2.34. The van der Waals surface area contributed by atoms with Gasteiger partial charge < -0.3 is 0 Å². The molecule has 2 rings (SSSR count). The maximum absolute atomic E-state index is 10.6. The molecule has 0 aliphatic heterocycles. The van der Waals surface area contributed by atoms with Crippen molar-refractivity contribution in [1.82, 2.24) is 0 Å². The van der Waals surface area contributed by atoms with Crippen LogP contribution in [0.4, 0.5) is 0 Å². The van der Waals surface area contributed by atoms with Crippen LogP contribution in [0.25, 0.3) is 11.1 Å². The predicted octanol–water partition coefficient (Wildman–Crippen LogP) is 4.73. The van der Waals surface area contributed by atoms with Crippen LogP contribution < -0.4 is 0 Å². The average molecular weight is 257 g/mol. The molecule has 0 heterocycles. The first kappa shape index (κ1) is 12.8. The van der Waals surface area contributed by atoms with Crippen LogP contribution in [-0.4, -0.2) is 5.75 Å². The summed E-state index contributed by atoms with van der Waals surface area (Å²) in [6.07, 6.45) is 0. The first-order valence-electron chi connectivity index (χ1n) is 5.95. The number of hydrogen-bond acceptors (Lipinski definition) is 3. The Hall–Kier alpha value is -1.61. The number of thioether (sulfide) groups is 1. The zero-order valence-corrected chi connectivity index (χ0v) is 11.1. The Kier molecular flexibility index (Phi) is 4.53. The smallest absolute Gasteiger partial charge is 0.107 e. The number of nitroso groups, excluding NO2 is 1. The summed E-state index contributed by atoms with van der Waals surface area (Å²) in [5.41, 5.74) is 3.22. The van der Waals surface area contributed by atoms with E-state index in [0.717, 1.165) is 22.4 Å². The van der Waals surface area contributed by atoms with Crippen molar-refractivity contribution in [2.75, 3.05) is 5.75 Å². The molecule has 0 bridgehead atoms. The van der Waals surface area contributed by atoms with Gasteiger partial charge in [-0.15, -0.1) is 11.8 Å². The molecular formula is C15H15NOS. The highest BCUT2D eigenvalue weighted by Crippen LogP contribution is 2.28. The van der Waals surface area contributed by atoms with Crippen LogP contribution in [0.5, 0.6) is 0 Å². The van der Waals surface area contributed by atoms with Crippen molar-refractivity contribution in [3.05, 3.63) is 59.0 Å². The van der Waals surface area contributed by atoms with E-state index < -0.39 is 0 Å². The van der Waals surface area contributed by atoms with Gasteiger partial charge in [-0.05, 0) is 34.6 Å². The van der Waals surface area contributed by atoms with Gasteiger partial charge in [0.1, 0.15) is 6.54 Å². The van der Waals surface area contributed by atoms with Gasteiger partial charge in [-0.3, -0.25) is 0 Å². The molecule has 0 radical (unpaired) electrons. The third-order valence-electron chi connectivity index (χ3n) is 2.71. The largest absolute Gasteiger partial charge is 0.150 e. The lowest BCUT2D eigenvalue weighted by atomic mass is 10.00. The van der Waals surface area contributed by atoms with Crippen LogP contribution in [0, 0.1) is 4.91 Å². The molecule has 0 fully saturated rings. The van der Waals surface area contributed by atoms with Crippen molar-refractivity contribution in [3.63, 3.8) is 0 Å². The minimum Gasteiger partial charge on any atom is -0.150 e. The van der Waals surface area contributed by atoms with E-state index in [0.29, 0.717) is 0 Å². The number of benzene rings is 2. The molecule has 0 saturated heterocycles. The van der Waals surface area contributed by atoms with Gasteiger partial charge in [0.15, 0.2) is 0 Å². The zero-order valence-electron chi connectivity index (χ0n) is 10.3. The fraction of sp³-hybridized carbons (Fsp3) is 0.200. The molecular weight excluding hydrogens is 242 g/mol. The molecule has 0 spiro atoms. The van der Waals surface area contributed by atoms with E-state index in [9.17, 15) is 4.91 Å². The molecule has 3 heteroatoms. The molecule has 0 aliphatic rings. The molecule has 0 aliphatic carbocycles. The Labute approximate surface area is 111 Å². The molecule has 0 aromatic heterocycles. The quantitative estimate of drug-likeness (QED) is 0.572. The molecule has 0 unspecified atom stereocenters. The fourth-order valence-electron chi connectivity index (χ4n) is 1.93. The van der Waals surface area contributed by atoms with Gasteiger partial charge in [0.2, 0.25) is 0 Å². The SMILES string of the molecule is CCSc1ccc(-c2ccccc2)c(CN=O)c1. The highest BCUT2D eigenvalue weighted by atomic mass is 32.2. The molecule has 2 aromatic carbocycles. The lowest BCUT2D eigenvalue weighted by Gasteiger charge is -2.09. The summed E-state index contributed by atoms with van der Waals surface area (Å²) in [4.78, 5) is 11.8. The van der Waals surface area contributed by atoms with Crippen LogP contribution >= 0.6 is 11.8 Å². The molecule has 92 valence electrons. The second-order valence-electron chi connectivity index (χ2n) is 3.91. The standard InChI is InChI=1S/C15H15NOS/c1-2-18-14-8-9-15(13(10-14)11-16-17)12-6-4-3-5-7-12/h3-10H,2,11H2,1H3. The highest BCUT2D eigenvalue weighted by Gasteiger charge is 2.06. The number of nitrogens with zero attached hydrogens (tertiary/aromatic N) is 1. The minimum atomic E-state index is 0.225. The number of hydrogen-bond donors (Lipinski definition) is 0. The van der Waals surface area contributed by atoms with Gasteiger partial charge >= 0.3 is 0 Å². The molecule has 2 nitrogen and oxygen atoms in total. The second kappa shape index (κ2) is 6.36. The van der Waals surface area contributed by atoms with Gasteiger partial charge in [0.25, 0.3) is 0 Å². The van der Waals surface area contributed by atoms with E-state index in [1.807, 2.05) is 18.2 Å². The maximum Gasteiger partial charge on any atom is 0.107 e. The van der Waals surface area contributed by atoms with E-state index in [1.54, 1.807) is 11.8 Å². The zero-order chi connectivity index (χ0) is 12.8. The monoisotopic (exact) mass is 257 g/mol. The van der Waals surface area contributed by atoms with E-state index in [4.69, 9.17) is 0 Å². The lowest BCUT2D eigenvalue weighted by Crippen LogP contribution is -1.89. The summed E-state index contributed by atoms with van der Waals surface area (Å²) in [5.74, 6) is 1.03. The first-order valence-corrected chi connectivity index (χ1v) is 6.94. The molecule has 0 amide bonds. The molecule has 18 heavy (non-hydrogen) atoms. The van der Waals surface area contributed by atoms with Crippen molar-refractivity contribution < 1.29 is 0 Å². The summed E-state index contributed by atoms with van der Waals surface area (Å²) in [7, 11) is 0. The van der Waals surface area contributed by atoms with Gasteiger partial charge in [0, 0.05) is 4.90 Å².